The molecule has 5 nitrogen and oxygen atoms in total. The van der Waals surface area contributed by atoms with Crippen LogP contribution in [-0.2, 0) is 17.7 Å². The van der Waals surface area contributed by atoms with E-state index in [0.29, 0.717) is 18.1 Å². The van der Waals surface area contributed by atoms with Gasteiger partial charge in [0, 0.05) is 38.0 Å². The third-order valence-electron chi connectivity index (χ3n) is 8.95. The van der Waals surface area contributed by atoms with Crippen molar-refractivity contribution >= 4 is 25.8 Å². The Balaban J connectivity index is 1.38. The van der Waals surface area contributed by atoms with E-state index in [9.17, 15) is 4.79 Å². The van der Waals surface area contributed by atoms with Gasteiger partial charge in [-0.15, -0.1) is 9.24 Å². The molecule has 6 heteroatoms. The molecule has 1 saturated carbocycles. The predicted octanol–water partition coefficient (Wildman–Crippen LogP) is 5.73. The number of hydrogen-bond acceptors (Lipinski definition) is 4. The molecule has 3 aromatic rings. The molecule has 2 fully saturated rings. The quantitative estimate of drug-likeness (QED) is 0.358. The average Bonchev–Trinajstić information content (AvgIpc) is 3.72. The van der Waals surface area contributed by atoms with Gasteiger partial charge in [-0.2, -0.15) is 0 Å². The highest BCUT2D eigenvalue weighted by molar-refractivity contribution is 7.17. The zero-order valence-corrected chi connectivity index (χ0v) is 23.9. The van der Waals surface area contributed by atoms with Gasteiger partial charge in [-0.1, -0.05) is 37.8 Å². The molecular formula is C31H40N3O2P. The van der Waals surface area contributed by atoms with Crippen LogP contribution in [0.1, 0.15) is 60.4 Å². The Bertz CT molecular complexity index is 1370. The van der Waals surface area contributed by atoms with Crippen molar-refractivity contribution in [2.75, 3.05) is 20.3 Å². The second-order valence-corrected chi connectivity index (χ2v) is 12.2. The maximum absolute atomic E-state index is 13.5. The van der Waals surface area contributed by atoms with Crippen LogP contribution in [0.5, 0.6) is 0 Å². The summed E-state index contributed by atoms with van der Waals surface area (Å²) in [7, 11) is 5.14. The summed E-state index contributed by atoms with van der Waals surface area (Å²) in [4.78, 5) is 20.5. The molecule has 2 atom stereocenters. The molecule has 0 radical (unpaired) electrons. The standard InChI is InChI=1S/C31H40N3O2P/c1-20-21(2)29-28(30(35)34(19-32-29)18-25-10-14-36-15-11-25)17-27(20)16-24-6-8-26(9-7-24)22(3)33(5)31(12-13-31)23(4)37/h6-9,17,19,23,25H,3,10-16,18,37H2,1-2,4-5H3. The van der Waals surface area contributed by atoms with Gasteiger partial charge in [-0.25, -0.2) is 4.98 Å². The average molecular weight is 518 g/mol. The lowest BCUT2D eigenvalue weighted by Crippen LogP contribution is -2.38. The lowest BCUT2D eigenvalue weighted by Gasteiger charge is -2.35. The summed E-state index contributed by atoms with van der Waals surface area (Å²) in [6.07, 6.45) is 6.95. The Morgan fingerprint density at radius 3 is 2.51 bits per heavy atom. The molecule has 0 spiro atoms. The molecular weight excluding hydrogens is 477 g/mol. The molecule has 1 aliphatic heterocycles. The third-order valence-corrected chi connectivity index (χ3v) is 9.57. The van der Waals surface area contributed by atoms with Crippen LogP contribution < -0.4 is 5.56 Å². The molecule has 2 heterocycles. The number of rotatable bonds is 8. The monoisotopic (exact) mass is 517 g/mol. The molecule has 0 N–H and O–H groups in total. The van der Waals surface area contributed by atoms with E-state index >= 15 is 0 Å². The van der Waals surface area contributed by atoms with Gasteiger partial charge in [-0.05, 0) is 91.4 Å². The molecule has 0 bridgehead atoms. The Morgan fingerprint density at radius 2 is 1.89 bits per heavy atom. The molecule has 2 unspecified atom stereocenters. The van der Waals surface area contributed by atoms with E-state index in [2.05, 4.69) is 78.9 Å². The molecule has 1 aromatic heterocycles. The molecule has 5 rings (SSSR count). The van der Waals surface area contributed by atoms with Gasteiger partial charge in [-0.3, -0.25) is 9.36 Å². The number of ether oxygens (including phenoxy) is 1. The minimum atomic E-state index is 0.0628. The summed E-state index contributed by atoms with van der Waals surface area (Å²) in [5, 5.41) is 0.723. The normalized spacial score (nSPS) is 18.1. The summed E-state index contributed by atoms with van der Waals surface area (Å²) in [5.74, 6) is 0.470. The fourth-order valence-electron chi connectivity index (χ4n) is 5.88. The highest BCUT2D eigenvalue weighted by atomic mass is 31.0. The Kier molecular flexibility index (Phi) is 7.31. The maximum atomic E-state index is 13.5. The van der Waals surface area contributed by atoms with Gasteiger partial charge in [0.1, 0.15) is 0 Å². The molecule has 1 aliphatic carbocycles. The first-order valence-electron chi connectivity index (χ1n) is 13.5. The van der Waals surface area contributed by atoms with Crippen molar-refractivity contribution in [1.82, 2.24) is 14.5 Å². The largest absolute Gasteiger partial charge is 0.381 e. The van der Waals surface area contributed by atoms with Gasteiger partial charge in [0.05, 0.1) is 17.2 Å². The number of fused-ring (bicyclic) bond motifs is 1. The van der Waals surface area contributed by atoms with E-state index in [1.54, 1.807) is 10.9 Å². The topological polar surface area (TPSA) is 47.4 Å². The van der Waals surface area contributed by atoms with Crippen LogP contribution in [0.2, 0.25) is 0 Å². The lowest BCUT2D eigenvalue weighted by atomic mass is 9.94. The minimum absolute atomic E-state index is 0.0628. The predicted molar refractivity (Wildman–Crippen MR) is 156 cm³/mol. The van der Waals surface area contributed by atoms with E-state index in [1.165, 1.54) is 29.5 Å². The minimum Gasteiger partial charge on any atom is -0.381 e. The number of benzene rings is 2. The van der Waals surface area contributed by atoms with Crippen molar-refractivity contribution in [1.29, 1.82) is 0 Å². The van der Waals surface area contributed by atoms with Crippen LogP contribution in [0.3, 0.4) is 0 Å². The van der Waals surface area contributed by atoms with Gasteiger partial charge in [0.2, 0.25) is 0 Å². The Labute approximate surface area is 223 Å². The fraction of sp³-hybridized carbons (Fsp3) is 0.484. The molecule has 0 amide bonds. The molecule has 37 heavy (non-hydrogen) atoms. The van der Waals surface area contributed by atoms with Crippen LogP contribution in [-0.4, -0.2) is 45.9 Å². The zero-order chi connectivity index (χ0) is 26.3. The fourth-order valence-corrected chi connectivity index (χ4v) is 6.43. The van der Waals surface area contributed by atoms with Gasteiger partial charge >= 0.3 is 0 Å². The molecule has 2 aliphatic rings. The maximum Gasteiger partial charge on any atom is 0.261 e. The van der Waals surface area contributed by atoms with E-state index in [1.807, 2.05) is 0 Å². The third kappa shape index (κ3) is 5.01. The zero-order valence-electron chi connectivity index (χ0n) is 22.7. The van der Waals surface area contributed by atoms with Crippen LogP contribution in [0.4, 0.5) is 0 Å². The second kappa shape index (κ2) is 10.3. The number of aryl methyl sites for hydroxylation is 1. The summed E-state index contributed by atoms with van der Waals surface area (Å²) >= 11 is 0. The van der Waals surface area contributed by atoms with Crippen molar-refractivity contribution in [2.24, 2.45) is 5.92 Å². The molecule has 1 saturated heterocycles. The molecule has 2 aromatic carbocycles. The lowest BCUT2D eigenvalue weighted by molar-refractivity contribution is 0.0609. The summed E-state index contributed by atoms with van der Waals surface area (Å²) in [5.41, 5.74) is 8.60. The van der Waals surface area contributed by atoms with Crippen molar-refractivity contribution in [3.05, 3.63) is 81.4 Å². The molecule has 196 valence electrons. The smallest absolute Gasteiger partial charge is 0.261 e. The first-order valence-corrected chi connectivity index (χ1v) is 14.2. The van der Waals surface area contributed by atoms with Crippen molar-refractivity contribution in [3.8, 4) is 0 Å². The highest BCUT2D eigenvalue weighted by Crippen LogP contribution is 2.49. The van der Waals surface area contributed by atoms with Crippen LogP contribution in [0, 0.1) is 19.8 Å². The van der Waals surface area contributed by atoms with Crippen molar-refractivity contribution < 1.29 is 4.74 Å². The Hall–Kier alpha value is -2.49. The SMILES string of the molecule is C=C(c1ccc(Cc2cc3c(=O)n(CC4CCOCC4)cnc3c(C)c2C)cc1)N(C)C1(C(C)P)CC1. The van der Waals surface area contributed by atoms with Crippen LogP contribution in [0.25, 0.3) is 16.6 Å². The number of nitrogens with zero attached hydrogens (tertiary/aromatic N) is 3. The van der Waals surface area contributed by atoms with E-state index in [-0.39, 0.29) is 11.1 Å². The number of aromatic nitrogens is 2. The van der Waals surface area contributed by atoms with Crippen molar-refractivity contribution in [3.63, 3.8) is 0 Å². The van der Waals surface area contributed by atoms with Crippen LogP contribution >= 0.6 is 9.24 Å². The first kappa shape index (κ1) is 26.1. The second-order valence-electron chi connectivity index (χ2n) is 11.2. The van der Waals surface area contributed by atoms with E-state index < -0.39 is 0 Å². The van der Waals surface area contributed by atoms with Crippen molar-refractivity contribution in [2.45, 2.75) is 70.6 Å². The van der Waals surface area contributed by atoms with E-state index in [0.717, 1.165) is 60.2 Å². The Morgan fingerprint density at radius 1 is 1.22 bits per heavy atom. The summed E-state index contributed by atoms with van der Waals surface area (Å²) in [6, 6.07) is 10.8. The number of hydrogen-bond donors (Lipinski definition) is 0. The van der Waals surface area contributed by atoms with E-state index in [4.69, 9.17) is 9.72 Å². The summed E-state index contributed by atoms with van der Waals surface area (Å²) < 4.78 is 7.29. The first-order chi connectivity index (χ1) is 17.7. The van der Waals surface area contributed by atoms with Gasteiger partial charge in [0.15, 0.2) is 0 Å². The van der Waals surface area contributed by atoms with Crippen LogP contribution in [0.15, 0.2) is 48.0 Å². The van der Waals surface area contributed by atoms with Gasteiger partial charge < -0.3 is 9.64 Å². The highest BCUT2D eigenvalue weighted by Gasteiger charge is 2.49. The summed E-state index contributed by atoms with van der Waals surface area (Å²) in [6.45, 7) is 13.2. The van der Waals surface area contributed by atoms with Gasteiger partial charge in [0.25, 0.3) is 5.56 Å².